The van der Waals surface area contributed by atoms with Gasteiger partial charge in [-0.1, -0.05) is 20.3 Å². The van der Waals surface area contributed by atoms with E-state index in [1.54, 1.807) is 7.11 Å². The number of nitrogens with zero attached hydrogens (tertiary/aromatic N) is 1. The quantitative estimate of drug-likeness (QED) is 0.721. The summed E-state index contributed by atoms with van der Waals surface area (Å²) in [6.45, 7) is 8.46. The van der Waals surface area contributed by atoms with E-state index in [0.29, 0.717) is 12.0 Å². The molecular weight excluding hydrogens is 200 g/mol. The number of ether oxygens (including phenoxy) is 1. The lowest BCUT2D eigenvalue weighted by molar-refractivity contribution is 0.0947. The first kappa shape index (κ1) is 13.9. The summed E-state index contributed by atoms with van der Waals surface area (Å²) >= 11 is 0. The molecule has 16 heavy (non-hydrogen) atoms. The van der Waals surface area contributed by atoms with Gasteiger partial charge in [-0.2, -0.15) is 0 Å². The first-order valence-corrected chi connectivity index (χ1v) is 6.62. The van der Waals surface area contributed by atoms with Crippen molar-refractivity contribution >= 4 is 0 Å². The van der Waals surface area contributed by atoms with Gasteiger partial charge in [0.1, 0.15) is 0 Å². The number of nitrogens with two attached hydrogens (primary N) is 1. The third kappa shape index (κ3) is 4.04. The lowest BCUT2D eigenvalue weighted by atomic mass is 10.0. The van der Waals surface area contributed by atoms with Crippen LogP contribution >= 0.6 is 0 Å². The molecule has 0 amide bonds. The van der Waals surface area contributed by atoms with E-state index >= 15 is 0 Å². The van der Waals surface area contributed by atoms with E-state index in [0.717, 1.165) is 25.6 Å². The van der Waals surface area contributed by atoms with Crippen LogP contribution in [0.1, 0.15) is 33.1 Å². The fourth-order valence-corrected chi connectivity index (χ4v) is 2.84. The minimum atomic E-state index is 0.697. The molecule has 0 heterocycles. The van der Waals surface area contributed by atoms with Crippen molar-refractivity contribution in [1.82, 2.24) is 4.90 Å². The van der Waals surface area contributed by atoms with Crippen LogP contribution in [0.15, 0.2) is 0 Å². The first-order chi connectivity index (χ1) is 7.69. The van der Waals surface area contributed by atoms with Crippen molar-refractivity contribution in [2.75, 3.05) is 33.4 Å². The fourth-order valence-electron chi connectivity index (χ4n) is 2.84. The van der Waals surface area contributed by atoms with Gasteiger partial charge in [0.15, 0.2) is 0 Å². The molecule has 3 nitrogen and oxygen atoms in total. The predicted octanol–water partition coefficient (Wildman–Crippen LogP) is 1.72. The highest BCUT2D eigenvalue weighted by Crippen LogP contribution is 2.29. The SMILES string of the molecule is COCCN(CC(C)C)C1CCCC1CN. The summed E-state index contributed by atoms with van der Waals surface area (Å²) in [5.74, 6) is 1.42. The van der Waals surface area contributed by atoms with Crippen molar-refractivity contribution in [1.29, 1.82) is 0 Å². The van der Waals surface area contributed by atoms with Crippen LogP contribution in [0.4, 0.5) is 0 Å². The van der Waals surface area contributed by atoms with Crippen LogP contribution in [0.5, 0.6) is 0 Å². The van der Waals surface area contributed by atoms with Crippen molar-refractivity contribution in [3.63, 3.8) is 0 Å². The molecule has 0 bridgehead atoms. The maximum Gasteiger partial charge on any atom is 0.0589 e. The van der Waals surface area contributed by atoms with Crippen LogP contribution in [0.3, 0.4) is 0 Å². The van der Waals surface area contributed by atoms with Gasteiger partial charge < -0.3 is 10.5 Å². The molecule has 1 aliphatic rings. The van der Waals surface area contributed by atoms with Crippen LogP contribution in [0.2, 0.25) is 0 Å². The van der Waals surface area contributed by atoms with E-state index in [9.17, 15) is 0 Å². The second-order valence-corrected chi connectivity index (χ2v) is 5.38. The van der Waals surface area contributed by atoms with Crippen molar-refractivity contribution in [3.8, 4) is 0 Å². The molecule has 1 fully saturated rings. The highest BCUT2D eigenvalue weighted by Gasteiger charge is 2.30. The first-order valence-electron chi connectivity index (χ1n) is 6.62. The van der Waals surface area contributed by atoms with Crippen molar-refractivity contribution in [3.05, 3.63) is 0 Å². The monoisotopic (exact) mass is 228 g/mol. The number of methoxy groups -OCH3 is 1. The third-order valence-electron chi connectivity index (χ3n) is 3.57. The molecular formula is C13H28N2O. The minimum absolute atomic E-state index is 0.697. The molecule has 2 N–H and O–H groups in total. The fraction of sp³-hybridized carbons (Fsp3) is 1.00. The van der Waals surface area contributed by atoms with E-state index in [1.807, 2.05) is 0 Å². The van der Waals surface area contributed by atoms with Crippen molar-refractivity contribution < 1.29 is 4.74 Å². The van der Waals surface area contributed by atoms with Gasteiger partial charge in [-0.25, -0.2) is 0 Å². The summed E-state index contributed by atoms with van der Waals surface area (Å²) in [7, 11) is 1.78. The van der Waals surface area contributed by atoms with Gasteiger partial charge in [0.05, 0.1) is 6.61 Å². The second kappa shape index (κ2) is 7.25. The molecule has 96 valence electrons. The maximum absolute atomic E-state index is 5.86. The summed E-state index contributed by atoms with van der Waals surface area (Å²) in [5.41, 5.74) is 5.86. The Labute approximate surface area is 100 Å². The zero-order valence-corrected chi connectivity index (χ0v) is 11.1. The van der Waals surface area contributed by atoms with E-state index in [-0.39, 0.29) is 0 Å². The summed E-state index contributed by atoms with van der Waals surface area (Å²) in [4.78, 5) is 2.60. The van der Waals surface area contributed by atoms with E-state index < -0.39 is 0 Å². The van der Waals surface area contributed by atoms with Gasteiger partial charge in [-0.15, -0.1) is 0 Å². The highest BCUT2D eigenvalue weighted by atomic mass is 16.5. The average Bonchev–Trinajstić information content (AvgIpc) is 2.71. The molecule has 3 heteroatoms. The molecule has 0 saturated heterocycles. The van der Waals surface area contributed by atoms with Gasteiger partial charge in [-0.05, 0) is 31.2 Å². The third-order valence-corrected chi connectivity index (χ3v) is 3.57. The van der Waals surface area contributed by atoms with Gasteiger partial charge in [0.2, 0.25) is 0 Å². The average molecular weight is 228 g/mol. The van der Waals surface area contributed by atoms with Gasteiger partial charge in [-0.3, -0.25) is 4.90 Å². The molecule has 1 aliphatic carbocycles. The van der Waals surface area contributed by atoms with E-state index in [2.05, 4.69) is 18.7 Å². The Kier molecular flexibility index (Phi) is 6.32. The van der Waals surface area contributed by atoms with Gasteiger partial charge in [0.25, 0.3) is 0 Å². The summed E-state index contributed by atoms with van der Waals surface area (Å²) < 4.78 is 5.21. The zero-order valence-electron chi connectivity index (χ0n) is 11.1. The summed E-state index contributed by atoms with van der Waals surface area (Å²) in [6.07, 6.45) is 3.97. The second-order valence-electron chi connectivity index (χ2n) is 5.38. The molecule has 0 aliphatic heterocycles. The molecule has 0 aromatic carbocycles. The molecule has 2 atom stereocenters. The van der Waals surface area contributed by atoms with Gasteiger partial charge in [0, 0.05) is 26.2 Å². The number of rotatable bonds is 7. The Bertz CT molecular complexity index is 185. The Hall–Kier alpha value is -0.120. The molecule has 0 aromatic heterocycles. The zero-order chi connectivity index (χ0) is 12.0. The van der Waals surface area contributed by atoms with Crippen LogP contribution < -0.4 is 5.73 Å². The largest absolute Gasteiger partial charge is 0.383 e. The van der Waals surface area contributed by atoms with Crippen LogP contribution in [-0.4, -0.2) is 44.3 Å². The van der Waals surface area contributed by atoms with Crippen molar-refractivity contribution in [2.45, 2.75) is 39.2 Å². The molecule has 1 saturated carbocycles. The Morgan fingerprint density at radius 1 is 1.38 bits per heavy atom. The number of hydrogen-bond donors (Lipinski definition) is 1. The molecule has 2 unspecified atom stereocenters. The predicted molar refractivity (Wildman–Crippen MR) is 68.5 cm³/mol. The lowest BCUT2D eigenvalue weighted by Gasteiger charge is -2.33. The number of hydrogen-bond acceptors (Lipinski definition) is 3. The van der Waals surface area contributed by atoms with Crippen LogP contribution in [-0.2, 0) is 4.74 Å². The Morgan fingerprint density at radius 2 is 2.12 bits per heavy atom. The molecule has 1 rings (SSSR count). The maximum atomic E-state index is 5.86. The van der Waals surface area contributed by atoms with Crippen LogP contribution in [0.25, 0.3) is 0 Å². The molecule has 0 aromatic rings. The van der Waals surface area contributed by atoms with Gasteiger partial charge >= 0.3 is 0 Å². The van der Waals surface area contributed by atoms with E-state index in [1.165, 1.54) is 25.8 Å². The topological polar surface area (TPSA) is 38.5 Å². The minimum Gasteiger partial charge on any atom is -0.383 e. The van der Waals surface area contributed by atoms with E-state index in [4.69, 9.17) is 10.5 Å². The highest BCUT2D eigenvalue weighted by molar-refractivity contribution is 4.86. The lowest BCUT2D eigenvalue weighted by Crippen LogP contribution is -2.43. The Morgan fingerprint density at radius 3 is 2.69 bits per heavy atom. The standard InChI is InChI=1S/C13H28N2O/c1-11(2)10-15(7-8-16-3)13-6-4-5-12(13)9-14/h11-13H,4-10,14H2,1-3H3. The Balaban J connectivity index is 2.51. The van der Waals surface area contributed by atoms with Crippen molar-refractivity contribution in [2.24, 2.45) is 17.6 Å². The summed E-state index contributed by atoms with van der Waals surface area (Å²) in [5, 5.41) is 0. The summed E-state index contributed by atoms with van der Waals surface area (Å²) in [6, 6.07) is 0.697. The smallest absolute Gasteiger partial charge is 0.0589 e. The molecule has 0 radical (unpaired) electrons. The normalized spacial score (nSPS) is 25.9. The molecule has 0 spiro atoms. The van der Waals surface area contributed by atoms with Crippen LogP contribution in [0, 0.1) is 11.8 Å².